The fourth-order valence-corrected chi connectivity index (χ4v) is 3.89. The molecule has 0 spiro atoms. The molecule has 3 N–H and O–H groups in total. The SMILES string of the molecule is O=C(/C=C/c1ccc(O)cc1)O[C@H]1[C@H]2O[C@@](C(=O)O)(C[C@@H]1OC(=O)c1ccccc1)O[C@@H]2CO. The number of carboxylic acid groups (broad SMARTS) is 1. The van der Waals surface area contributed by atoms with Crippen LogP contribution in [0.15, 0.2) is 60.7 Å². The maximum Gasteiger partial charge on any atom is 0.364 e. The molecule has 10 nitrogen and oxygen atoms in total. The van der Waals surface area contributed by atoms with Crippen LogP contribution in [0.3, 0.4) is 0 Å². The Hall–Kier alpha value is -3.73. The quantitative estimate of drug-likeness (QED) is 0.401. The van der Waals surface area contributed by atoms with Gasteiger partial charge < -0.3 is 34.3 Å². The van der Waals surface area contributed by atoms with Crippen molar-refractivity contribution in [3.63, 3.8) is 0 Å². The number of hydrogen-bond acceptors (Lipinski definition) is 9. The van der Waals surface area contributed by atoms with Crippen molar-refractivity contribution in [2.24, 2.45) is 0 Å². The van der Waals surface area contributed by atoms with E-state index in [2.05, 4.69) is 0 Å². The summed E-state index contributed by atoms with van der Waals surface area (Å²) in [6, 6.07) is 14.1. The summed E-state index contributed by atoms with van der Waals surface area (Å²) in [4.78, 5) is 37.1. The smallest absolute Gasteiger partial charge is 0.364 e. The van der Waals surface area contributed by atoms with E-state index in [4.69, 9.17) is 18.9 Å². The van der Waals surface area contributed by atoms with Crippen molar-refractivity contribution in [1.82, 2.24) is 0 Å². The third-order valence-electron chi connectivity index (χ3n) is 5.53. The van der Waals surface area contributed by atoms with Crippen molar-refractivity contribution in [1.29, 1.82) is 0 Å². The molecule has 0 aromatic heterocycles. The van der Waals surface area contributed by atoms with Crippen LogP contribution >= 0.6 is 0 Å². The molecule has 2 heterocycles. The number of aromatic hydroxyl groups is 1. The molecule has 4 rings (SSSR count). The summed E-state index contributed by atoms with van der Waals surface area (Å²) in [5.74, 6) is -5.08. The Morgan fingerprint density at radius 3 is 2.38 bits per heavy atom. The Morgan fingerprint density at radius 1 is 1.03 bits per heavy atom. The monoisotopic (exact) mass is 470 g/mol. The van der Waals surface area contributed by atoms with Crippen molar-refractivity contribution >= 4 is 24.0 Å². The van der Waals surface area contributed by atoms with E-state index in [1.807, 2.05) is 0 Å². The number of aliphatic carboxylic acids is 1. The lowest BCUT2D eigenvalue weighted by Gasteiger charge is -2.37. The lowest BCUT2D eigenvalue weighted by Crippen LogP contribution is -2.56. The zero-order valence-electron chi connectivity index (χ0n) is 17.8. The number of hydrogen-bond donors (Lipinski definition) is 3. The summed E-state index contributed by atoms with van der Waals surface area (Å²) in [5, 5.41) is 28.7. The topological polar surface area (TPSA) is 149 Å². The van der Waals surface area contributed by atoms with Crippen LogP contribution < -0.4 is 0 Å². The third-order valence-corrected chi connectivity index (χ3v) is 5.53. The van der Waals surface area contributed by atoms with Crippen LogP contribution in [-0.4, -0.2) is 70.0 Å². The molecular formula is C24H22O10. The second-order valence-corrected chi connectivity index (χ2v) is 7.82. The maximum atomic E-state index is 12.7. The van der Waals surface area contributed by atoms with Gasteiger partial charge in [-0.15, -0.1) is 0 Å². The summed E-state index contributed by atoms with van der Waals surface area (Å²) >= 11 is 0. The minimum atomic E-state index is -2.15. The van der Waals surface area contributed by atoms with Crippen molar-refractivity contribution in [2.75, 3.05) is 6.61 Å². The number of carbonyl (C=O) groups excluding carboxylic acids is 2. The Kier molecular flexibility index (Phi) is 6.64. The minimum absolute atomic E-state index is 0.0698. The molecule has 2 saturated heterocycles. The van der Waals surface area contributed by atoms with Gasteiger partial charge in [0.05, 0.1) is 18.6 Å². The first-order chi connectivity index (χ1) is 16.3. The van der Waals surface area contributed by atoms with E-state index >= 15 is 0 Å². The number of carboxylic acids is 1. The maximum absolute atomic E-state index is 12.7. The average Bonchev–Trinajstić information content (AvgIpc) is 3.16. The number of phenolic OH excluding ortho intramolecular Hbond substituents is 1. The largest absolute Gasteiger partial charge is 0.508 e. The van der Waals surface area contributed by atoms with Gasteiger partial charge in [0.25, 0.3) is 5.79 Å². The van der Waals surface area contributed by atoms with Crippen LogP contribution in [0.5, 0.6) is 5.75 Å². The normalized spacial score (nSPS) is 27.9. The molecule has 0 aliphatic carbocycles. The Bertz CT molecular complexity index is 1080. The van der Waals surface area contributed by atoms with Gasteiger partial charge in [-0.05, 0) is 35.9 Å². The first-order valence-corrected chi connectivity index (χ1v) is 10.4. The van der Waals surface area contributed by atoms with Gasteiger partial charge in [0, 0.05) is 6.08 Å². The fraction of sp³-hybridized carbons (Fsp3) is 0.292. The fourth-order valence-electron chi connectivity index (χ4n) is 3.89. The van der Waals surface area contributed by atoms with Crippen LogP contribution in [0.2, 0.25) is 0 Å². The first-order valence-electron chi connectivity index (χ1n) is 10.4. The average molecular weight is 470 g/mol. The molecular weight excluding hydrogens is 448 g/mol. The third kappa shape index (κ3) is 4.79. The molecule has 2 aromatic rings. The van der Waals surface area contributed by atoms with Crippen LogP contribution in [0, 0.1) is 0 Å². The van der Waals surface area contributed by atoms with Crippen LogP contribution in [-0.2, 0) is 28.5 Å². The number of aliphatic hydroxyl groups is 1. The van der Waals surface area contributed by atoms with Crippen LogP contribution in [0.1, 0.15) is 22.3 Å². The van der Waals surface area contributed by atoms with Gasteiger partial charge in [-0.25, -0.2) is 14.4 Å². The van der Waals surface area contributed by atoms with Gasteiger partial charge in [-0.3, -0.25) is 0 Å². The highest BCUT2D eigenvalue weighted by atomic mass is 16.8. The summed E-state index contributed by atoms with van der Waals surface area (Å²) in [6.07, 6.45) is -2.63. The van der Waals surface area contributed by atoms with E-state index in [1.54, 1.807) is 30.3 Å². The molecule has 2 aromatic carbocycles. The lowest BCUT2D eigenvalue weighted by atomic mass is 9.95. The van der Waals surface area contributed by atoms with Gasteiger partial charge in [0.2, 0.25) is 0 Å². The molecule has 0 radical (unpaired) electrons. The van der Waals surface area contributed by atoms with E-state index in [1.165, 1.54) is 30.3 Å². The number of fused-ring (bicyclic) bond motifs is 2. The van der Waals surface area contributed by atoms with Gasteiger partial charge in [0.1, 0.15) is 24.1 Å². The van der Waals surface area contributed by atoms with Gasteiger partial charge in [-0.2, -0.15) is 0 Å². The molecule has 0 saturated carbocycles. The zero-order chi connectivity index (χ0) is 24.3. The van der Waals surface area contributed by atoms with Crippen LogP contribution in [0.4, 0.5) is 0 Å². The number of aliphatic hydroxyl groups excluding tert-OH is 1. The Morgan fingerprint density at radius 2 is 1.74 bits per heavy atom. The molecule has 2 bridgehead atoms. The van der Waals surface area contributed by atoms with Crippen molar-refractivity contribution in [2.45, 2.75) is 36.6 Å². The number of ether oxygens (including phenoxy) is 4. The number of phenols is 1. The predicted molar refractivity (Wildman–Crippen MR) is 114 cm³/mol. The lowest BCUT2D eigenvalue weighted by molar-refractivity contribution is -0.247. The van der Waals surface area contributed by atoms with Crippen molar-refractivity contribution in [3.8, 4) is 5.75 Å². The molecule has 2 aliphatic rings. The van der Waals surface area contributed by atoms with E-state index in [9.17, 15) is 29.7 Å². The minimum Gasteiger partial charge on any atom is -0.508 e. The summed E-state index contributed by atoms with van der Waals surface area (Å²) in [5.41, 5.74) is 0.840. The molecule has 2 fully saturated rings. The van der Waals surface area contributed by atoms with Gasteiger partial charge >= 0.3 is 17.9 Å². The standard InChI is InChI=1S/C24H22O10/c25-13-18-21-20(32-19(27)11-8-14-6-9-16(26)10-7-14)17(12-24(33-18,34-21)23(29)30)31-22(28)15-4-2-1-3-5-15/h1-11,17-18,20-21,25-26H,12-13H2,(H,29,30)/b11-8+/t17-,18+,20+,21-,24+/m0/s1. The van der Waals surface area contributed by atoms with E-state index in [0.717, 1.165) is 6.08 Å². The van der Waals surface area contributed by atoms with Crippen molar-refractivity contribution in [3.05, 3.63) is 71.8 Å². The molecule has 5 atom stereocenters. The van der Waals surface area contributed by atoms with E-state index in [-0.39, 0.29) is 11.3 Å². The highest BCUT2D eigenvalue weighted by Crippen LogP contribution is 2.43. The second kappa shape index (κ2) is 9.64. The molecule has 0 amide bonds. The van der Waals surface area contributed by atoms with Gasteiger partial charge in [0.15, 0.2) is 6.10 Å². The predicted octanol–water partition coefficient (Wildman–Crippen LogP) is 1.50. The number of benzene rings is 2. The highest BCUT2D eigenvalue weighted by Gasteiger charge is 2.64. The van der Waals surface area contributed by atoms with Gasteiger partial charge in [-0.1, -0.05) is 30.3 Å². The van der Waals surface area contributed by atoms with Crippen LogP contribution in [0.25, 0.3) is 6.08 Å². The zero-order valence-corrected chi connectivity index (χ0v) is 17.8. The first kappa shape index (κ1) is 23.4. The molecule has 2 aliphatic heterocycles. The number of rotatable bonds is 7. The molecule has 34 heavy (non-hydrogen) atoms. The number of carbonyl (C=O) groups is 3. The molecule has 10 heteroatoms. The molecule has 178 valence electrons. The molecule has 0 unspecified atom stereocenters. The second-order valence-electron chi connectivity index (χ2n) is 7.82. The number of esters is 2. The Balaban J connectivity index is 1.57. The van der Waals surface area contributed by atoms with E-state index < -0.39 is 61.1 Å². The van der Waals surface area contributed by atoms with E-state index in [0.29, 0.717) is 5.56 Å². The van der Waals surface area contributed by atoms with Crippen molar-refractivity contribution < 1.29 is 48.7 Å². The highest BCUT2D eigenvalue weighted by molar-refractivity contribution is 5.90. The summed E-state index contributed by atoms with van der Waals surface area (Å²) < 4.78 is 22.1. The Labute approximate surface area is 193 Å². The summed E-state index contributed by atoms with van der Waals surface area (Å²) in [6.45, 7) is -0.601. The summed E-state index contributed by atoms with van der Waals surface area (Å²) in [7, 11) is 0.